The standard InChI is InChI=1S/C11H11NO4S/c1-2-5-15-9-4-3-8-6-11(17(12,13)14)16-10(8)7-9/h2-4,6-7H,1,5H2,(H2,12,13,14). The van der Waals surface area contributed by atoms with Crippen molar-refractivity contribution < 1.29 is 17.6 Å². The van der Waals surface area contributed by atoms with E-state index < -0.39 is 10.0 Å². The van der Waals surface area contributed by atoms with E-state index in [0.29, 0.717) is 23.3 Å². The van der Waals surface area contributed by atoms with Gasteiger partial charge in [-0.2, -0.15) is 0 Å². The lowest BCUT2D eigenvalue weighted by Crippen LogP contribution is -2.10. The number of sulfonamides is 1. The Morgan fingerprint density at radius 3 is 2.82 bits per heavy atom. The SMILES string of the molecule is C=CCOc1ccc2cc(S(N)(=O)=O)oc2c1. The van der Waals surface area contributed by atoms with E-state index in [1.807, 2.05) is 0 Å². The molecule has 0 spiro atoms. The quantitative estimate of drug-likeness (QED) is 0.840. The Bertz CT molecular complexity index is 657. The van der Waals surface area contributed by atoms with Crippen LogP contribution in [0.4, 0.5) is 0 Å². The van der Waals surface area contributed by atoms with E-state index in [4.69, 9.17) is 14.3 Å². The third-order valence-electron chi connectivity index (χ3n) is 2.12. The maximum absolute atomic E-state index is 11.1. The van der Waals surface area contributed by atoms with Gasteiger partial charge >= 0.3 is 0 Å². The monoisotopic (exact) mass is 253 g/mol. The fourth-order valence-corrected chi connectivity index (χ4v) is 1.87. The van der Waals surface area contributed by atoms with Crippen molar-refractivity contribution in [2.75, 3.05) is 6.61 Å². The van der Waals surface area contributed by atoms with Gasteiger partial charge in [0, 0.05) is 17.5 Å². The number of fused-ring (bicyclic) bond motifs is 1. The summed E-state index contributed by atoms with van der Waals surface area (Å²) in [5, 5.41) is 5.37. The Balaban J connectivity index is 2.44. The summed E-state index contributed by atoms with van der Waals surface area (Å²) in [4.78, 5) is 0. The van der Waals surface area contributed by atoms with E-state index >= 15 is 0 Å². The van der Waals surface area contributed by atoms with E-state index in [1.165, 1.54) is 6.07 Å². The van der Waals surface area contributed by atoms with E-state index in [9.17, 15) is 8.42 Å². The third kappa shape index (κ3) is 2.48. The highest BCUT2D eigenvalue weighted by molar-refractivity contribution is 7.89. The van der Waals surface area contributed by atoms with Gasteiger partial charge in [0.1, 0.15) is 17.9 Å². The van der Waals surface area contributed by atoms with Gasteiger partial charge in [0.15, 0.2) is 0 Å². The van der Waals surface area contributed by atoms with Crippen molar-refractivity contribution in [3.05, 3.63) is 36.9 Å². The Kier molecular flexibility index (Phi) is 2.91. The van der Waals surface area contributed by atoms with Gasteiger partial charge in [0.05, 0.1) is 0 Å². The summed E-state index contributed by atoms with van der Waals surface area (Å²) < 4.78 is 32.6. The van der Waals surface area contributed by atoms with Crippen molar-refractivity contribution in [1.29, 1.82) is 0 Å². The number of primary sulfonamides is 1. The van der Waals surface area contributed by atoms with Gasteiger partial charge in [-0.25, -0.2) is 13.6 Å². The molecule has 2 N–H and O–H groups in total. The van der Waals surface area contributed by atoms with Gasteiger partial charge in [-0.15, -0.1) is 0 Å². The summed E-state index contributed by atoms with van der Waals surface area (Å²) in [6.07, 6.45) is 1.61. The normalized spacial score (nSPS) is 11.6. The average Bonchev–Trinajstić information content (AvgIpc) is 2.68. The van der Waals surface area contributed by atoms with Crippen molar-refractivity contribution in [2.24, 2.45) is 5.14 Å². The Morgan fingerprint density at radius 1 is 1.41 bits per heavy atom. The lowest BCUT2D eigenvalue weighted by molar-refractivity contribution is 0.362. The van der Waals surface area contributed by atoms with Gasteiger partial charge in [-0.05, 0) is 12.1 Å². The third-order valence-corrected chi connectivity index (χ3v) is 2.88. The average molecular weight is 253 g/mol. The molecule has 0 aliphatic carbocycles. The molecule has 6 heteroatoms. The first kappa shape index (κ1) is 11.7. The number of rotatable bonds is 4. The lowest BCUT2D eigenvalue weighted by Gasteiger charge is -2.01. The van der Waals surface area contributed by atoms with Crippen LogP contribution in [0.2, 0.25) is 0 Å². The van der Waals surface area contributed by atoms with Gasteiger partial charge in [0.25, 0.3) is 10.0 Å². The van der Waals surface area contributed by atoms with Gasteiger partial charge in [-0.1, -0.05) is 12.7 Å². The molecule has 0 saturated heterocycles. The molecular weight excluding hydrogens is 242 g/mol. The second kappa shape index (κ2) is 4.23. The van der Waals surface area contributed by atoms with E-state index in [2.05, 4.69) is 6.58 Å². The number of hydrogen-bond acceptors (Lipinski definition) is 4. The molecule has 0 fully saturated rings. The highest BCUT2D eigenvalue weighted by Crippen LogP contribution is 2.25. The molecule has 1 aromatic carbocycles. The van der Waals surface area contributed by atoms with Gasteiger partial charge in [0.2, 0.25) is 5.09 Å². The zero-order chi connectivity index (χ0) is 12.5. The van der Waals surface area contributed by atoms with Crippen LogP contribution in [0.5, 0.6) is 5.75 Å². The van der Waals surface area contributed by atoms with Crippen LogP contribution in [0.1, 0.15) is 0 Å². The fourth-order valence-electron chi connectivity index (χ4n) is 1.37. The Hall–Kier alpha value is -1.79. The maximum Gasteiger partial charge on any atom is 0.271 e. The van der Waals surface area contributed by atoms with Gasteiger partial charge < -0.3 is 9.15 Å². The maximum atomic E-state index is 11.1. The van der Waals surface area contributed by atoms with Crippen LogP contribution in [-0.4, -0.2) is 15.0 Å². The summed E-state index contributed by atoms with van der Waals surface area (Å²) in [5.41, 5.74) is 0.413. The van der Waals surface area contributed by atoms with Crippen molar-refractivity contribution in [2.45, 2.75) is 5.09 Å². The second-order valence-corrected chi connectivity index (χ2v) is 4.90. The molecular formula is C11H11NO4S. The van der Waals surface area contributed by atoms with Crippen molar-refractivity contribution in [3.63, 3.8) is 0 Å². The first-order valence-corrected chi connectivity index (χ1v) is 6.35. The van der Waals surface area contributed by atoms with Gasteiger partial charge in [-0.3, -0.25) is 0 Å². The zero-order valence-corrected chi connectivity index (χ0v) is 9.74. The molecule has 1 heterocycles. The van der Waals surface area contributed by atoms with Crippen LogP contribution in [0.15, 0.2) is 46.4 Å². The minimum absolute atomic E-state index is 0.256. The van der Waals surface area contributed by atoms with E-state index in [0.717, 1.165) is 0 Å². The van der Waals surface area contributed by atoms with Crippen LogP contribution in [0.3, 0.4) is 0 Å². The number of furan rings is 1. The lowest BCUT2D eigenvalue weighted by atomic mass is 10.2. The molecule has 2 aromatic rings. The molecule has 0 radical (unpaired) electrons. The summed E-state index contributed by atoms with van der Waals surface area (Å²) in [6.45, 7) is 3.90. The molecule has 5 nitrogen and oxygen atoms in total. The van der Waals surface area contributed by atoms with Crippen molar-refractivity contribution in [3.8, 4) is 5.75 Å². The van der Waals surface area contributed by atoms with Crippen LogP contribution < -0.4 is 9.88 Å². The first-order chi connectivity index (χ1) is 8.00. The molecule has 0 aliphatic heterocycles. The summed E-state index contributed by atoms with van der Waals surface area (Å²) >= 11 is 0. The van der Waals surface area contributed by atoms with Crippen LogP contribution >= 0.6 is 0 Å². The predicted octanol–water partition coefficient (Wildman–Crippen LogP) is 1.65. The van der Waals surface area contributed by atoms with Crippen LogP contribution in [0, 0.1) is 0 Å². The van der Waals surface area contributed by atoms with E-state index in [1.54, 1.807) is 24.3 Å². The number of nitrogens with two attached hydrogens (primary N) is 1. The molecule has 0 amide bonds. The minimum Gasteiger partial charge on any atom is -0.489 e. The molecule has 0 saturated carbocycles. The fraction of sp³-hybridized carbons (Fsp3) is 0.0909. The molecule has 0 aliphatic rings. The largest absolute Gasteiger partial charge is 0.489 e. The summed E-state index contributed by atoms with van der Waals surface area (Å²) in [5.74, 6) is 0.577. The van der Waals surface area contributed by atoms with Crippen LogP contribution in [0.25, 0.3) is 11.0 Å². The summed E-state index contributed by atoms with van der Waals surface area (Å²) in [6, 6.07) is 6.40. The first-order valence-electron chi connectivity index (χ1n) is 4.81. The number of hydrogen-bond donors (Lipinski definition) is 1. The zero-order valence-electron chi connectivity index (χ0n) is 8.92. The molecule has 90 valence electrons. The van der Waals surface area contributed by atoms with Crippen molar-refractivity contribution in [1.82, 2.24) is 0 Å². The molecule has 1 aromatic heterocycles. The molecule has 0 unspecified atom stereocenters. The van der Waals surface area contributed by atoms with E-state index in [-0.39, 0.29) is 5.09 Å². The molecule has 0 atom stereocenters. The molecule has 17 heavy (non-hydrogen) atoms. The molecule has 2 rings (SSSR count). The second-order valence-electron chi connectivity index (χ2n) is 3.41. The molecule has 0 bridgehead atoms. The minimum atomic E-state index is -3.82. The predicted molar refractivity (Wildman–Crippen MR) is 63.3 cm³/mol. The Labute approximate surface area is 98.5 Å². The topological polar surface area (TPSA) is 82.5 Å². The smallest absolute Gasteiger partial charge is 0.271 e. The van der Waals surface area contributed by atoms with Crippen molar-refractivity contribution >= 4 is 21.0 Å². The highest BCUT2D eigenvalue weighted by Gasteiger charge is 2.14. The highest BCUT2D eigenvalue weighted by atomic mass is 32.2. The van der Waals surface area contributed by atoms with Crippen LogP contribution in [-0.2, 0) is 10.0 Å². The summed E-state index contributed by atoms with van der Waals surface area (Å²) in [7, 11) is -3.82. The Morgan fingerprint density at radius 2 is 2.18 bits per heavy atom. The number of benzene rings is 1. The number of ether oxygens (including phenoxy) is 1.